The Morgan fingerprint density at radius 2 is 2.04 bits per heavy atom. The molecule has 0 aliphatic rings. The van der Waals surface area contributed by atoms with E-state index >= 15 is 0 Å². The third kappa shape index (κ3) is 4.64. The first-order valence-electron chi connectivity index (χ1n) is 8.15. The molecular weight excluding hydrogens is 354 g/mol. The van der Waals surface area contributed by atoms with Crippen molar-refractivity contribution >= 4 is 34.4 Å². The molecular formula is C20H18ClNO4. The highest BCUT2D eigenvalue weighted by atomic mass is 35.5. The van der Waals surface area contributed by atoms with E-state index in [0.717, 1.165) is 27.7 Å². The first kappa shape index (κ1) is 18.0. The highest BCUT2D eigenvalue weighted by Crippen LogP contribution is 2.22. The number of hydrogen-bond donors (Lipinski definition) is 1. The second-order valence-corrected chi connectivity index (χ2v) is 6.44. The number of aryl methyl sites for hydroxylation is 1. The summed E-state index contributed by atoms with van der Waals surface area (Å²) >= 11 is 5.89. The van der Waals surface area contributed by atoms with Crippen LogP contribution in [0.1, 0.15) is 16.7 Å². The Kier molecular flexibility index (Phi) is 5.58. The molecule has 0 fully saturated rings. The number of amides is 1. The van der Waals surface area contributed by atoms with Crippen molar-refractivity contribution in [2.24, 2.45) is 0 Å². The standard InChI is InChI=1S/C20H18ClNO4/c1-13-5-6-17-15(11-25-18(17)7-13)9-20(24)26-12-19(23)22-10-14-3-2-4-16(21)8-14/h2-8,11H,9-10,12H2,1H3,(H,22,23). The maximum atomic E-state index is 12.0. The van der Waals surface area contributed by atoms with Crippen molar-refractivity contribution in [2.45, 2.75) is 19.9 Å². The molecule has 0 saturated heterocycles. The molecule has 0 bridgehead atoms. The number of carbonyl (C=O) groups is 2. The number of benzene rings is 2. The fourth-order valence-electron chi connectivity index (χ4n) is 2.58. The normalized spacial score (nSPS) is 10.7. The highest BCUT2D eigenvalue weighted by molar-refractivity contribution is 6.30. The van der Waals surface area contributed by atoms with Gasteiger partial charge in [-0.15, -0.1) is 0 Å². The zero-order valence-corrected chi connectivity index (χ0v) is 15.0. The number of nitrogens with one attached hydrogen (secondary N) is 1. The summed E-state index contributed by atoms with van der Waals surface area (Å²) in [7, 11) is 0. The number of fused-ring (bicyclic) bond motifs is 1. The predicted molar refractivity (Wildman–Crippen MR) is 98.9 cm³/mol. The molecule has 1 aromatic heterocycles. The van der Waals surface area contributed by atoms with Crippen molar-refractivity contribution in [1.29, 1.82) is 0 Å². The van der Waals surface area contributed by atoms with Crippen LogP contribution < -0.4 is 5.32 Å². The van der Waals surface area contributed by atoms with E-state index in [2.05, 4.69) is 5.32 Å². The molecule has 0 radical (unpaired) electrons. The second-order valence-electron chi connectivity index (χ2n) is 6.00. The maximum absolute atomic E-state index is 12.0. The number of ether oxygens (including phenoxy) is 1. The maximum Gasteiger partial charge on any atom is 0.310 e. The second kappa shape index (κ2) is 8.06. The van der Waals surface area contributed by atoms with Crippen LogP contribution in [0.3, 0.4) is 0 Å². The van der Waals surface area contributed by atoms with Crippen LogP contribution in [0.2, 0.25) is 5.02 Å². The van der Waals surface area contributed by atoms with E-state index in [1.165, 1.54) is 0 Å². The van der Waals surface area contributed by atoms with Gasteiger partial charge >= 0.3 is 5.97 Å². The lowest BCUT2D eigenvalue weighted by atomic mass is 10.1. The molecule has 0 saturated carbocycles. The molecule has 1 amide bonds. The number of halogens is 1. The van der Waals surface area contributed by atoms with E-state index < -0.39 is 5.97 Å². The summed E-state index contributed by atoms with van der Waals surface area (Å²) in [5, 5.41) is 4.16. The Bertz CT molecular complexity index is 948. The molecule has 6 heteroatoms. The molecule has 1 N–H and O–H groups in total. The van der Waals surface area contributed by atoms with E-state index in [4.69, 9.17) is 20.8 Å². The number of esters is 1. The minimum absolute atomic E-state index is 0.0532. The Balaban J connectivity index is 1.48. The summed E-state index contributed by atoms with van der Waals surface area (Å²) in [5.74, 6) is -0.850. The van der Waals surface area contributed by atoms with Gasteiger partial charge in [0.2, 0.25) is 0 Å². The van der Waals surface area contributed by atoms with Crippen LogP contribution in [-0.2, 0) is 27.3 Å². The van der Waals surface area contributed by atoms with Crippen LogP contribution in [0, 0.1) is 6.92 Å². The lowest BCUT2D eigenvalue weighted by Gasteiger charge is -2.07. The molecule has 0 unspecified atom stereocenters. The first-order chi connectivity index (χ1) is 12.5. The molecule has 5 nitrogen and oxygen atoms in total. The van der Waals surface area contributed by atoms with Crippen LogP contribution in [0.5, 0.6) is 0 Å². The predicted octanol–water partition coefficient (Wildman–Crippen LogP) is 3.80. The van der Waals surface area contributed by atoms with Crippen LogP contribution in [0.25, 0.3) is 11.0 Å². The van der Waals surface area contributed by atoms with Crippen molar-refractivity contribution in [1.82, 2.24) is 5.32 Å². The highest BCUT2D eigenvalue weighted by Gasteiger charge is 2.13. The Hall–Kier alpha value is -2.79. The van der Waals surface area contributed by atoms with Gasteiger partial charge in [0.1, 0.15) is 5.58 Å². The van der Waals surface area contributed by atoms with Gasteiger partial charge in [-0.3, -0.25) is 9.59 Å². The van der Waals surface area contributed by atoms with Gasteiger partial charge in [-0.25, -0.2) is 0 Å². The SMILES string of the molecule is Cc1ccc2c(CC(=O)OCC(=O)NCc3cccc(Cl)c3)coc2c1. The summed E-state index contributed by atoms with van der Waals surface area (Å²) in [5.41, 5.74) is 3.42. The van der Waals surface area contributed by atoms with Crippen LogP contribution in [0.4, 0.5) is 0 Å². The monoisotopic (exact) mass is 371 g/mol. The summed E-state index contributed by atoms with van der Waals surface area (Å²) < 4.78 is 10.5. The smallest absolute Gasteiger partial charge is 0.310 e. The largest absolute Gasteiger partial charge is 0.464 e. The van der Waals surface area contributed by atoms with Crippen LogP contribution in [-0.4, -0.2) is 18.5 Å². The third-order valence-electron chi connectivity index (χ3n) is 3.89. The average Bonchev–Trinajstić information content (AvgIpc) is 3.00. The van der Waals surface area contributed by atoms with Crippen molar-refractivity contribution in [3.63, 3.8) is 0 Å². The lowest BCUT2D eigenvalue weighted by molar-refractivity contribution is -0.147. The summed E-state index contributed by atoms with van der Waals surface area (Å²) in [6, 6.07) is 13.0. The summed E-state index contributed by atoms with van der Waals surface area (Å²) in [6.45, 7) is 1.97. The topological polar surface area (TPSA) is 68.5 Å². The number of carbonyl (C=O) groups excluding carboxylic acids is 2. The fourth-order valence-corrected chi connectivity index (χ4v) is 2.79. The van der Waals surface area contributed by atoms with Gasteiger partial charge < -0.3 is 14.5 Å². The van der Waals surface area contributed by atoms with Gasteiger partial charge in [0.05, 0.1) is 12.7 Å². The van der Waals surface area contributed by atoms with Gasteiger partial charge in [-0.2, -0.15) is 0 Å². The van der Waals surface area contributed by atoms with Gasteiger partial charge in [-0.1, -0.05) is 35.9 Å². The number of hydrogen-bond acceptors (Lipinski definition) is 4. The molecule has 2 aromatic carbocycles. The zero-order chi connectivity index (χ0) is 18.5. The van der Waals surface area contributed by atoms with Gasteiger partial charge in [-0.05, 0) is 36.2 Å². The third-order valence-corrected chi connectivity index (χ3v) is 4.12. The Morgan fingerprint density at radius 1 is 1.19 bits per heavy atom. The van der Waals surface area contributed by atoms with Crippen LogP contribution >= 0.6 is 11.6 Å². The summed E-state index contributed by atoms with van der Waals surface area (Å²) in [4.78, 5) is 23.8. The molecule has 0 spiro atoms. The lowest BCUT2D eigenvalue weighted by Crippen LogP contribution is -2.28. The van der Waals surface area contributed by atoms with Gasteiger partial charge in [0.15, 0.2) is 6.61 Å². The van der Waals surface area contributed by atoms with Crippen molar-refractivity contribution in [2.75, 3.05) is 6.61 Å². The molecule has 0 atom stereocenters. The average molecular weight is 372 g/mol. The van der Waals surface area contributed by atoms with Crippen LogP contribution in [0.15, 0.2) is 53.1 Å². The molecule has 3 rings (SSSR count). The molecule has 134 valence electrons. The molecule has 26 heavy (non-hydrogen) atoms. The Labute approximate surface area is 155 Å². The zero-order valence-electron chi connectivity index (χ0n) is 14.3. The Morgan fingerprint density at radius 3 is 2.85 bits per heavy atom. The van der Waals surface area contributed by atoms with Gasteiger partial charge in [0, 0.05) is 22.5 Å². The molecule has 0 aliphatic heterocycles. The number of furan rings is 1. The minimum atomic E-state index is -0.480. The summed E-state index contributed by atoms with van der Waals surface area (Å²) in [6.07, 6.45) is 1.60. The van der Waals surface area contributed by atoms with Crippen molar-refractivity contribution in [3.8, 4) is 0 Å². The van der Waals surface area contributed by atoms with Crippen molar-refractivity contribution < 1.29 is 18.7 Å². The quantitative estimate of drug-likeness (QED) is 0.669. The molecule has 3 aromatic rings. The molecule has 1 heterocycles. The fraction of sp³-hybridized carbons (Fsp3) is 0.200. The first-order valence-corrected chi connectivity index (χ1v) is 8.52. The van der Waals surface area contributed by atoms with E-state index in [0.29, 0.717) is 11.6 Å². The van der Waals surface area contributed by atoms with E-state index in [1.54, 1.807) is 24.5 Å². The van der Waals surface area contributed by atoms with E-state index in [-0.39, 0.29) is 18.9 Å². The van der Waals surface area contributed by atoms with Crippen molar-refractivity contribution in [3.05, 3.63) is 70.4 Å². The van der Waals surface area contributed by atoms with Gasteiger partial charge in [0.25, 0.3) is 5.91 Å². The van der Waals surface area contributed by atoms with E-state index in [9.17, 15) is 9.59 Å². The molecule has 0 aliphatic carbocycles. The minimum Gasteiger partial charge on any atom is -0.464 e. The number of rotatable bonds is 6. The van der Waals surface area contributed by atoms with E-state index in [1.807, 2.05) is 31.2 Å².